The number of nitrogens with zero attached hydrogens (tertiary/aromatic N) is 1. The molecule has 5 aromatic rings. The van der Waals surface area contributed by atoms with E-state index in [0.717, 1.165) is 5.56 Å². The third-order valence-electron chi connectivity index (χ3n) is 5.91. The van der Waals surface area contributed by atoms with Crippen molar-refractivity contribution < 1.29 is 18.7 Å². The van der Waals surface area contributed by atoms with Crippen molar-refractivity contribution in [1.82, 2.24) is 10.4 Å². The van der Waals surface area contributed by atoms with Gasteiger partial charge in [0.2, 0.25) is 0 Å². The normalized spacial score (nSPS) is 11.1. The number of fused-ring (bicyclic) bond motifs is 1. The van der Waals surface area contributed by atoms with Gasteiger partial charge in [0.15, 0.2) is 0 Å². The zero-order valence-corrected chi connectivity index (χ0v) is 20.9. The number of amides is 1. The number of rotatable bonds is 6. The number of H-pyrrole nitrogens is 1. The van der Waals surface area contributed by atoms with Crippen LogP contribution in [-0.4, -0.2) is 23.1 Å². The highest BCUT2D eigenvalue weighted by molar-refractivity contribution is 6.34. The van der Waals surface area contributed by atoms with Gasteiger partial charge < -0.3 is 9.72 Å². The van der Waals surface area contributed by atoms with Gasteiger partial charge in [-0.25, -0.2) is 14.6 Å². The van der Waals surface area contributed by atoms with Crippen molar-refractivity contribution in [2.75, 3.05) is 0 Å². The number of aromatic amines is 1. The van der Waals surface area contributed by atoms with Gasteiger partial charge in [0.25, 0.3) is 5.91 Å². The first-order chi connectivity index (χ1) is 18.4. The Kier molecular flexibility index (Phi) is 7.02. The lowest BCUT2D eigenvalue weighted by Gasteiger charge is -2.08. The Balaban J connectivity index is 1.40. The molecule has 0 spiro atoms. The number of aryl methyl sites for hydroxylation is 1. The Morgan fingerprint density at radius 1 is 0.974 bits per heavy atom. The number of aromatic nitrogens is 1. The molecule has 8 heteroatoms. The lowest BCUT2D eigenvalue weighted by molar-refractivity contribution is 0.0734. The largest absolute Gasteiger partial charge is 0.422 e. The summed E-state index contributed by atoms with van der Waals surface area (Å²) in [6, 6.07) is 25.1. The van der Waals surface area contributed by atoms with Crippen LogP contribution in [0.2, 0.25) is 5.02 Å². The molecular formula is C30H21ClFN3O3. The highest BCUT2D eigenvalue weighted by Gasteiger charge is 2.21. The van der Waals surface area contributed by atoms with Crippen LogP contribution in [0.1, 0.15) is 32.0 Å². The minimum atomic E-state index is -0.554. The molecule has 0 saturated carbocycles. The first kappa shape index (κ1) is 24.9. The van der Waals surface area contributed by atoms with E-state index >= 15 is 0 Å². The smallest absolute Gasteiger partial charge is 0.343 e. The average molecular weight is 526 g/mol. The number of carbonyl (C=O) groups excluding carboxylic acids is 2. The lowest BCUT2D eigenvalue weighted by Crippen LogP contribution is -2.19. The third kappa shape index (κ3) is 5.19. The van der Waals surface area contributed by atoms with E-state index in [1.54, 1.807) is 66.7 Å². The summed E-state index contributed by atoms with van der Waals surface area (Å²) in [6.07, 6.45) is 1.38. The Hall–Kier alpha value is -4.75. The second-order valence-corrected chi connectivity index (χ2v) is 8.94. The van der Waals surface area contributed by atoms with Crippen molar-refractivity contribution in [2.45, 2.75) is 6.92 Å². The Bertz CT molecular complexity index is 1690. The van der Waals surface area contributed by atoms with Gasteiger partial charge in [-0.1, -0.05) is 59.6 Å². The number of nitrogens with one attached hydrogen (secondary N) is 2. The molecule has 4 aromatic carbocycles. The number of carbonyl (C=O) groups is 2. The van der Waals surface area contributed by atoms with E-state index in [2.05, 4.69) is 15.5 Å². The number of esters is 1. The molecule has 5 rings (SSSR count). The van der Waals surface area contributed by atoms with E-state index in [0.29, 0.717) is 38.2 Å². The van der Waals surface area contributed by atoms with Crippen LogP contribution < -0.4 is 10.2 Å². The van der Waals surface area contributed by atoms with Crippen molar-refractivity contribution >= 4 is 40.6 Å². The second kappa shape index (κ2) is 10.7. The summed E-state index contributed by atoms with van der Waals surface area (Å²) in [5, 5.41) is 5.00. The minimum Gasteiger partial charge on any atom is -0.422 e. The predicted octanol–water partition coefficient (Wildman–Crippen LogP) is 6.92. The van der Waals surface area contributed by atoms with Crippen LogP contribution in [-0.2, 0) is 0 Å². The molecule has 188 valence electrons. The Labute approximate surface area is 222 Å². The van der Waals surface area contributed by atoms with Crippen molar-refractivity contribution in [2.24, 2.45) is 5.10 Å². The third-order valence-corrected chi connectivity index (χ3v) is 6.24. The summed E-state index contributed by atoms with van der Waals surface area (Å²) in [5.41, 5.74) is 6.21. The molecule has 0 bridgehead atoms. The minimum absolute atomic E-state index is 0.176. The van der Waals surface area contributed by atoms with Crippen LogP contribution in [0.25, 0.3) is 22.0 Å². The first-order valence-corrected chi connectivity index (χ1v) is 12.1. The number of hydrazone groups is 1. The summed E-state index contributed by atoms with van der Waals surface area (Å²) in [4.78, 5) is 28.8. The van der Waals surface area contributed by atoms with Gasteiger partial charge >= 0.3 is 5.97 Å². The molecule has 38 heavy (non-hydrogen) atoms. The van der Waals surface area contributed by atoms with Gasteiger partial charge in [-0.05, 0) is 55.5 Å². The molecule has 0 aliphatic carbocycles. The number of para-hydroxylation sites is 1. The van der Waals surface area contributed by atoms with E-state index < -0.39 is 17.7 Å². The van der Waals surface area contributed by atoms with Crippen molar-refractivity contribution in [3.05, 3.63) is 124 Å². The molecule has 6 nitrogen and oxygen atoms in total. The summed E-state index contributed by atoms with van der Waals surface area (Å²) < 4.78 is 19.6. The molecular weight excluding hydrogens is 505 g/mol. The standard InChI is InChI=1S/C30H21ClFN3O3/c1-18-10-12-19(13-11-18)30(37)38-26-9-5-2-6-20(26)17-33-35-29(36)28-27(22-7-3-4-8-24(22)31)23-16-21(32)14-15-25(23)34-28/h2-17,34H,1H3,(H,35,36). The number of hydrogen-bond donors (Lipinski definition) is 2. The number of hydrogen-bond acceptors (Lipinski definition) is 4. The Morgan fingerprint density at radius 2 is 1.71 bits per heavy atom. The van der Waals surface area contributed by atoms with Crippen LogP contribution in [0.3, 0.4) is 0 Å². The van der Waals surface area contributed by atoms with Crippen molar-refractivity contribution in [1.29, 1.82) is 0 Å². The number of halogens is 2. The molecule has 0 fully saturated rings. The summed E-state index contributed by atoms with van der Waals surface area (Å²) >= 11 is 6.42. The maximum Gasteiger partial charge on any atom is 0.343 e. The van der Waals surface area contributed by atoms with Crippen LogP contribution in [0.5, 0.6) is 5.75 Å². The van der Waals surface area contributed by atoms with Gasteiger partial charge in [-0.15, -0.1) is 0 Å². The molecule has 0 unspecified atom stereocenters. The summed E-state index contributed by atoms with van der Waals surface area (Å²) in [6.45, 7) is 1.93. The van der Waals surface area contributed by atoms with Crippen molar-refractivity contribution in [3.8, 4) is 16.9 Å². The summed E-state index contributed by atoms with van der Waals surface area (Å²) in [5.74, 6) is -1.22. The number of ether oxygens (including phenoxy) is 1. The van der Waals surface area contributed by atoms with Gasteiger partial charge in [0, 0.05) is 32.6 Å². The van der Waals surface area contributed by atoms with E-state index in [1.165, 1.54) is 18.3 Å². The van der Waals surface area contributed by atoms with Gasteiger partial charge in [0.05, 0.1) is 11.8 Å². The van der Waals surface area contributed by atoms with Crippen LogP contribution >= 0.6 is 11.6 Å². The zero-order chi connectivity index (χ0) is 26.6. The van der Waals surface area contributed by atoms with Crippen LogP contribution in [0, 0.1) is 12.7 Å². The SMILES string of the molecule is Cc1ccc(C(=O)Oc2ccccc2C=NNC(=O)c2[nH]c3ccc(F)cc3c2-c2ccccc2Cl)cc1. The fraction of sp³-hybridized carbons (Fsp3) is 0.0333. The highest BCUT2D eigenvalue weighted by Crippen LogP contribution is 2.37. The predicted molar refractivity (Wildman–Crippen MR) is 146 cm³/mol. The molecule has 1 amide bonds. The van der Waals surface area contributed by atoms with Crippen LogP contribution in [0.15, 0.2) is 96.1 Å². The Morgan fingerprint density at radius 3 is 2.50 bits per heavy atom. The molecule has 0 aliphatic heterocycles. The molecule has 0 aliphatic rings. The maximum atomic E-state index is 14.1. The van der Waals surface area contributed by atoms with E-state index in [1.807, 2.05) is 19.1 Å². The van der Waals surface area contributed by atoms with Gasteiger partial charge in [-0.2, -0.15) is 5.10 Å². The van der Waals surface area contributed by atoms with Gasteiger partial charge in [0.1, 0.15) is 17.3 Å². The molecule has 0 saturated heterocycles. The lowest BCUT2D eigenvalue weighted by atomic mass is 10.0. The number of benzene rings is 4. The quantitative estimate of drug-likeness (QED) is 0.109. The van der Waals surface area contributed by atoms with Gasteiger partial charge in [-0.3, -0.25) is 4.79 Å². The van der Waals surface area contributed by atoms with Crippen LogP contribution in [0.4, 0.5) is 4.39 Å². The molecule has 0 atom stereocenters. The fourth-order valence-electron chi connectivity index (χ4n) is 4.02. The first-order valence-electron chi connectivity index (χ1n) is 11.7. The maximum absolute atomic E-state index is 14.1. The molecule has 0 radical (unpaired) electrons. The summed E-state index contributed by atoms with van der Waals surface area (Å²) in [7, 11) is 0. The van der Waals surface area contributed by atoms with E-state index in [4.69, 9.17) is 16.3 Å². The monoisotopic (exact) mass is 525 g/mol. The topological polar surface area (TPSA) is 83.5 Å². The van der Waals surface area contributed by atoms with E-state index in [-0.39, 0.29) is 11.4 Å². The molecule has 1 heterocycles. The second-order valence-electron chi connectivity index (χ2n) is 8.54. The van der Waals surface area contributed by atoms with E-state index in [9.17, 15) is 14.0 Å². The molecule has 2 N–H and O–H groups in total. The average Bonchev–Trinajstić information content (AvgIpc) is 3.28. The highest BCUT2D eigenvalue weighted by atomic mass is 35.5. The van der Waals surface area contributed by atoms with Crippen molar-refractivity contribution in [3.63, 3.8) is 0 Å². The fourth-order valence-corrected chi connectivity index (χ4v) is 4.25. The molecule has 1 aromatic heterocycles. The zero-order valence-electron chi connectivity index (χ0n) is 20.2.